The first-order valence-electron chi connectivity index (χ1n) is 9.71. The van der Waals surface area contributed by atoms with Crippen LogP contribution >= 0.6 is 11.6 Å². The van der Waals surface area contributed by atoms with E-state index >= 15 is 0 Å². The molecule has 9 heteroatoms. The zero-order valence-electron chi connectivity index (χ0n) is 17.6. The molecule has 0 saturated carbocycles. The number of carbonyl (C=O) groups excluding carboxylic acids is 3. The number of carbonyl (C=O) groups is 3. The van der Waals surface area contributed by atoms with E-state index in [-0.39, 0.29) is 12.5 Å². The Hall–Kier alpha value is -3.10. The summed E-state index contributed by atoms with van der Waals surface area (Å²) in [6.07, 6.45) is -0.632. The van der Waals surface area contributed by atoms with E-state index in [4.69, 9.17) is 21.1 Å². The van der Waals surface area contributed by atoms with Gasteiger partial charge in [-0.25, -0.2) is 4.79 Å². The molecule has 0 aliphatic heterocycles. The zero-order valence-corrected chi connectivity index (χ0v) is 18.4. The largest absolute Gasteiger partial charge is 0.447 e. The van der Waals surface area contributed by atoms with Crippen molar-refractivity contribution in [3.63, 3.8) is 0 Å². The quantitative estimate of drug-likeness (QED) is 0.505. The molecular weight excluding hydrogens is 422 g/mol. The van der Waals surface area contributed by atoms with Gasteiger partial charge in [0.1, 0.15) is 12.6 Å². The molecule has 2 rings (SSSR count). The Morgan fingerprint density at radius 2 is 1.65 bits per heavy atom. The summed E-state index contributed by atoms with van der Waals surface area (Å²) >= 11 is 6.08. The van der Waals surface area contributed by atoms with Crippen molar-refractivity contribution >= 4 is 40.9 Å². The van der Waals surface area contributed by atoms with Crippen LogP contribution in [0.5, 0.6) is 0 Å². The fourth-order valence-corrected chi connectivity index (χ4v) is 2.89. The second-order valence-electron chi connectivity index (χ2n) is 7.00. The van der Waals surface area contributed by atoms with E-state index in [9.17, 15) is 14.4 Å². The van der Waals surface area contributed by atoms with E-state index in [0.717, 1.165) is 0 Å². The SMILES string of the molecule is COCCOC(=O)Nc1cccc(NC(=O)C(NC(=O)c2ccccc2Cl)C(C)C)c1. The van der Waals surface area contributed by atoms with Crippen LogP contribution in [0.2, 0.25) is 5.02 Å². The molecule has 31 heavy (non-hydrogen) atoms. The molecule has 3 N–H and O–H groups in total. The van der Waals surface area contributed by atoms with Gasteiger partial charge in [-0.3, -0.25) is 14.9 Å². The Morgan fingerprint density at radius 1 is 0.968 bits per heavy atom. The summed E-state index contributed by atoms with van der Waals surface area (Å²) in [5.41, 5.74) is 1.19. The smallest absolute Gasteiger partial charge is 0.411 e. The summed E-state index contributed by atoms with van der Waals surface area (Å²) < 4.78 is 9.77. The third-order valence-corrected chi connectivity index (χ3v) is 4.58. The van der Waals surface area contributed by atoms with Crippen molar-refractivity contribution in [1.29, 1.82) is 0 Å². The number of benzene rings is 2. The predicted octanol–water partition coefficient (Wildman–Crippen LogP) is 3.93. The highest BCUT2D eigenvalue weighted by Crippen LogP contribution is 2.18. The summed E-state index contributed by atoms with van der Waals surface area (Å²) in [4.78, 5) is 37.2. The Bertz CT molecular complexity index is 920. The molecule has 0 bridgehead atoms. The van der Waals surface area contributed by atoms with Crippen molar-refractivity contribution in [1.82, 2.24) is 5.32 Å². The molecule has 0 aliphatic rings. The number of amides is 3. The molecule has 0 aliphatic carbocycles. The summed E-state index contributed by atoms with van der Waals surface area (Å²) in [7, 11) is 1.51. The molecule has 2 aromatic rings. The van der Waals surface area contributed by atoms with Crippen LogP contribution in [0.25, 0.3) is 0 Å². The minimum atomic E-state index is -0.792. The molecule has 0 spiro atoms. The van der Waals surface area contributed by atoms with Gasteiger partial charge in [-0.1, -0.05) is 43.6 Å². The summed E-state index contributed by atoms with van der Waals surface area (Å²) in [5.74, 6) is -1.01. The molecule has 8 nitrogen and oxygen atoms in total. The molecule has 2 aromatic carbocycles. The van der Waals surface area contributed by atoms with E-state index < -0.39 is 23.9 Å². The first kappa shape index (κ1) is 24.2. The van der Waals surface area contributed by atoms with Crippen molar-refractivity contribution < 1.29 is 23.9 Å². The highest BCUT2D eigenvalue weighted by molar-refractivity contribution is 6.33. The van der Waals surface area contributed by atoms with Crippen molar-refractivity contribution in [2.24, 2.45) is 5.92 Å². The lowest BCUT2D eigenvalue weighted by Gasteiger charge is -2.22. The molecule has 0 saturated heterocycles. The van der Waals surface area contributed by atoms with Gasteiger partial charge >= 0.3 is 6.09 Å². The van der Waals surface area contributed by atoms with Gasteiger partial charge in [0.05, 0.1) is 17.2 Å². The van der Waals surface area contributed by atoms with E-state index in [1.54, 1.807) is 48.5 Å². The number of hydrogen-bond donors (Lipinski definition) is 3. The normalized spacial score (nSPS) is 11.5. The maximum Gasteiger partial charge on any atom is 0.411 e. The average molecular weight is 448 g/mol. The molecule has 166 valence electrons. The Balaban J connectivity index is 2.03. The topological polar surface area (TPSA) is 106 Å². The highest BCUT2D eigenvalue weighted by atomic mass is 35.5. The number of halogens is 1. The fraction of sp³-hybridized carbons (Fsp3) is 0.318. The fourth-order valence-electron chi connectivity index (χ4n) is 2.67. The van der Waals surface area contributed by atoms with Gasteiger partial charge in [0.2, 0.25) is 5.91 Å². The lowest BCUT2D eigenvalue weighted by atomic mass is 10.0. The van der Waals surface area contributed by atoms with Crippen LogP contribution in [0.15, 0.2) is 48.5 Å². The van der Waals surface area contributed by atoms with Crippen LogP contribution in [-0.2, 0) is 14.3 Å². The van der Waals surface area contributed by atoms with Crippen molar-refractivity contribution in [2.45, 2.75) is 19.9 Å². The first-order valence-corrected chi connectivity index (χ1v) is 10.1. The molecular formula is C22H26ClN3O5. The minimum absolute atomic E-state index is 0.125. The summed E-state index contributed by atoms with van der Waals surface area (Å²) in [5, 5.41) is 8.37. The van der Waals surface area contributed by atoms with E-state index in [1.807, 2.05) is 13.8 Å². The summed E-state index contributed by atoms with van der Waals surface area (Å²) in [6, 6.07) is 12.4. The second-order valence-corrected chi connectivity index (χ2v) is 7.41. The Kier molecular flexibility index (Phi) is 9.30. The number of anilines is 2. The third-order valence-electron chi connectivity index (χ3n) is 4.25. The van der Waals surface area contributed by atoms with Crippen molar-refractivity contribution in [3.05, 3.63) is 59.1 Å². The highest BCUT2D eigenvalue weighted by Gasteiger charge is 2.25. The lowest BCUT2D eigenvalue weighted by molar-refractivity contribution is -0.118. The molecule has 3 amide bonds. The standard InChI is InChI=1S/C22H26ClN3O5/c1-14(2)19(26-20(27)17-9-4-5-10-18(17)23)21(28)24-15-7-6-8-16(13-15)25-22(29)31-12-11-30-3/h4-10,13-14,19H,11-12H2,1-3H3,(H,24,28)(H,25,29)(H,26,27). The van der Waals surface area contributed by atoms with Crippen LogP contribution in [-0.4, -0.2) is 44.3 Å². The van der Waals surface area contributed by atoms with E-state index in [1.165, 1.54) is 7.11 Å². The van der Waals surface area contributed by atoms with Gasteiger partial charge in [0.25, 0.3) is 5.91 Å². The van der Waals surface area contributed by atoms with Gasteiger partial charge < -0.3 is 20.1 Å². The monoisotopic (exact) mass is 447 g/mol. The van der Waals surface area contributed by atoms with Gasteiger partial charge in [-0.05, 0) is 36.2 Å². The second kappa shape index (κ2) is 11.9. The van der Waals surface area contributed by atoms with Crippen molar-refractivity contribution in [2.75, 3.05) is 31.0 Å². The van der Waals surface area contributed by atoms with Crippen LogP contribution in [0, 0.1) is 5.92 Å². The maximum atomic E-state index is 12.8. The molecule has 0 aromatic heterocycles. The molecule has 0 heterocycles. The van der Waals surface area contributed by atoms with E-state index in [0.29, 0.717) is 28.6 Å². The van der Waals surface area contributed by atoms with Crippen LogP contribution in [0.3, 0.4) is 0 Å². The van der Waals surface area contributed by atoms with Gasteiger partial charge in [0.15, 0.2) is 0 Å². The van der Waals surface area contributed by atoms with Gasteiger partial charge in [-0.15, -0.1) is 0 Å². The number of methoxy groups -OCH3 is 1. The molecule has 1 unspecified atom stereocenters. The molecule has 1 atom stereocenters. The van der Waals surface area contributed by atoms with Gasteiger partial charge in [-0.2, -0.15) is 0 Å². The number of nitrogens with one attached hydrogen (secondary N) is 3. The predicted molar refractivity (Wildman–Crippen MR) is 119 cm³/mol. The summed E-state index contributed by atoms with van der Waals surface area (Å²) in [6.45, 7) is 4.07. The zero-order chi connectivity index (χ0) is 22.8. The first-order chi connectivity index (χ1) is 14.8. The number of hydrogen-bond acceptors (Lipinski definition) is 5. The maximum absolute atomic E-state index is 12.8. The minimum Gasteiger partial charge on any atom is -0.447 e. The third kappa shape index (κ3) is 7.58. The van der Waals surface area contributed by atoms with Crippen molar-refractivity contribution in [3.8, 4) is 0 Å². The van der Waals surface area contributed by atoms with Crippen LogP contribution in [0.4, 0.5) is 16.2 Å². The number of rotatable bonds is 9. The van der Waals surface area contributed by atoms with Crippen LogP contribution in [0.1, 0.15) is 24.2 Å². The molecule has 0 radical (unpaired) electrons. The molecule has 0 fully saturated rings. The number of ether oxygens (including phenoxy) is 2. The van der Waals surface area contributed by atoms with E-state index in [2.05, 4.69) is 16.0 Å². The lowest BCUT2D eigenvalue weighted by Crippen LogP contribution is -2.47. The Labute approximate surface area is 186 Å². The van der Waals surface area contributed by atoms with Crippen LogP contribution < -0.4 is 16.0 Å². The Morgan fingerprint density at radius 3 is 2.29 bits per heavy atom. The van der Waals surface area contributed by atoms with Gasteiger partial charge in [0, 0.05) is 18.5 Å². The average Bonchev–Trinajstić information content (AvgIpc) is 2.72.